The highest BCUT2D eigenvalue weighted by molar-refractivity contribution is 7.00. The highest BCUT2D eigenvalue weighted by Gasteiger charge is 2.63. The molecule has 1 fully saturated rings. The molecule has 1 saturated carbocycles. The van der Waals surface area contributed by atoms with Gasteiger partial charge >= 0.3 is 0 Å². The molecule has 7 aromatic rings. The Kier molecular flexibility index (Phi) is 7.74. The van der Waals surface area contributed by atoms with E-state index in [0.29, 0.717) is 0 Å². The zero-order chi connectivity index (χ0) is 46.0. The highest BCUT2D eigenvalue weighted by Crippen LogP contribution is 2.66. The Morgan fingerprint density at radius 2 is 1.15 bits per heavy atom. The van der Waals surface area contributed by atoms with Gasteiger partial charge < -0.3 is 14.4 Å². The van der Waals surface area contributed by atoms with E-state index in [1.165, 1.54) is 126 Å². The molecule has 334 valence electrons. The Morgan fingerprint density at radius 3 is 1.89 bits per heavy atom. The highest BCUT2D eigenvalue weighted by atomic mass is 15.3. The second kappa shape index (κ2) is 12.5. The van der Waals surface area contributed by atoms with Gasteiger partial charge in [-0.15, -0.1) is 0 Å². The lowest BCUT2D eigenvalue weighted by Gasteiger charge is -2.53. The lowest BCUT2D eigenvalue weighted by molar-refractivity contribution is 0.195. The second-order valence-corrected chi connectivity index (χ2v) is 25.6. The average Bonchev–Trinajstić information content (AvgIpc) is 3.79. The summed E-state index contributed by atoms with van der Waals surface area (Å²) in [6.07, 6.45) is 7.14. The second-order valence-electron chi connectivity index (χ2n) is 25.6. The van der Waals surface area contributed by atoms with Crippen LogP contribution in [0, 0.1) is 0 Å². The quantitative estimate of drug-likeness (QED) is 0.152. The summed E-state index contributed by atoms with van der Waals surface area (Å²) in [5.74, 6) is 0. The van der Waals surface area contributed by atoms with Crippen molar-refractivity contribution < 1.29 is 0 Å². The third-order valence-corrected chi connectivity index (χ3v) is 19.2. The number of benzene rings is 6. The van der Waals surface area contributed by atoms with Gasteiger partial charge in [0.25, 0.3) is 6.71 Å². The molecule has 4 atom stereocenters. The predicted molar refractivity (Wildman–Crippen MR) is 282 cm³/mol. The van der Waals surface area contributed by atoms with Gasteiger partial charge in [-0.3, -0.25) is 0 Å². The van der Waals surface area contributed by atoms with Crippen LogP contribution in [0.5, 0.6) is 0 Å². The average molecular weight is 866 g/mol. The molecule has 6 aliphatic rings. The summed E-state index contributed by atoms with van der Waals surface area (Å²) in [4.78, 5) is 5.78. The molecule has 4 heteroatoms. The zero-order valence-electron chi connectivity index (χ0n) is 42.0. The molecule has 6 aromatic carbocycles. The Balaban J connectivity index is 1.22. The fourth-order valence-corrected chi connectivity index (χ4v) is 15.0. The van der Waals surface area contributed by atoms with Crippen LogP contribution in [0.1, 0.15) is 161 Å². The van der Waals surface area contributed by atoms with Crippen molar-refractivity contribution in [1.82, 2.24) is 4.57 Å². The van der Waals surface area contributed by atoms with Gasteiger partial charge in [0.2, 0.25) is 0 Å². The molecule has 0 spiro atoms. The number of anilines is 4. The van der Waals surface area contributed by atoms with E-state index in [1.54, 1.807) is 5.56 Å². The fourth-order valence-electron chi connectivity index (χ4n) is 15.0. The number of hydrogen-bond donors (Lipinski definition) is 0. The maximum absolute atomic E-state index is 2.96. The van der Waals surface area contributed by atoms with E-state index in [1.807, 2.05) is 0 Å². The SMILES string of the molecule is CC(C)(C)c1cc2c3c(c1)C1(C)CCCCC1(C)N3c1cc(N3c4ccccc4C4(C)CCc5ccccc5C34C)cc3c1B2c1cc(C(C)(C)C)cc2c4cc(C(C)(C)C)ccc4n-3c12. The van der Waals surface area contributed by atoms with Crippen molar-refractivity contribution in [2.24, 2.45) is 0 Å². The van der Waals surface area contributed by atoms with Crippen molar-refractivity contribution >= 4 is 67.7 Å². The fraction of sp³-hybridized carbons (Fsp3) is 0.419. The van der Waals surface area contributed by atoms with Crippen molar-refractivity contribution in [3.8, 4) is 5.69 Å². The Hall–Kier alpha value is -5.22. The van der Waals surface area contributed by atoms with Crippen molar-refractivity contribution in [2.75, 3.05) is 9.80 Å². The van der Waals surface area contributed by atoms with Gasteiger partial charge in [0.1, 0.15) is 0 Å². The van der Waals surface area contributed by atoms with Crippen LogP contribution in [0.3, 0.4) is 0 Å². The molecule has 4 aliphatic heterocycles. The number of nitrogens with zero attached hydrogens (tertiary/aromatic N) is 3. The minimum absolute atomic E-state index is 0.00434. The monoisotopic (exact) mass is 866 g/mol. The van der Waals surface area contributed by atoms with Gasteiger partial charge in [-0.25, -0.2) is 0 Å². The lowest BCUT2D eigenvalue weighted by Crippen LogP contribution is -2.64. The maximum Gasteiger partial charge on any atom is 0.252 e. The van der Waals surface area contributed by atoms with Crippen LogP contribution in [-0.2, 0) is 39.0 Å². The van der Waals surface area contributed by atoms with E-state index in [2.05, 4.69) is 208 Å². The topological polar surface area (TPSA) is 11.4 Å². The standard InChI is InChI=1S/C62H68BN3/c1-56(2,3)38-24-25-49-42(30-38)43-31-39(57(4,5)6)33-47-54(43)64(49)51-35-41(65-50-23-17-16-22-45(50)60(11)29-26-37-20-14-15-21-44(37)62(60,65)13)36-52-53(51)63(47)48-34-40(58(7,8)9)32-46-55(48)66(52)61(12)28-19-18-27-59(46,61)10/h14-17,20-25,30-36H,18-19,26-29H2,1-13H3. The number of aryl methyl sites for hydroxylation is 1. The van der Waals surface area contributed by atoms with Gasteiger partial charge in [0.05, 0.1) is 16.6 Å². The molecular weight excluding hydrogens is 798 g/mol. The minimum Gasteiger partial charge on any atom is -0.335 e. The van der Waals surface area contributed by atoms with E-state index < -0.39 is 0 Å². The molecule has 0 N–H and O–H groups in total. The number of aromatic nitrogens is 1. The molecule has 0 bridgehead atoms. The van der Waals surface area contributed by atoms with E-state index in [9.17, 15) is 0 Å². The van der Waals surface area contributed by atoms with E-state index in [0.717, 1.165) is 12.8 Å². The zero-order valence-corrected chi connectivity index (χ0v) is 42.0. The molecule has 0 radical (unpaired) electrons. The minimum atomic E-state index is -0.302. The van der Waals surface area contributed by atoms with Gasteiger partial charge in [-0.05, 0) is 148 Å². The van der Waals surface area contributed by atoms with E-state index >= 15 is 0 Å². The van der Waals surface area contributed by atoms with Gasteiger partial charge in [0.15, 0.2) is 0 Å². The first-order chi connectivity index (χ1) is 31.1. The summed E-state index contributed by atoms with van der Waals surface area (Å²) in [5, 5.41) is 2.76. The van der Waals surface area contributed by atoms with Crippen LogP contribution in [0.25, 0.3) is 27.5 Å². The van der Waals surface area contributed by atoms with Crippen LogP contribution in [0.15, 0.2) is 103 Å². The predicted octanol–water partition coefficient (Wildman–Crippen LogP) is 13.8. The van der Waals surface area contributed by atoms with Crippen molar-refractivity contribution in [2.45, 2.75) is 167 Å². The molecule has 4 unspecified atom stereocenters. The molecule has 3 nitrogen and oxygen atoms in total. The largest absolute Gasteiger partial charge is 0.335 e. The van der Waals surface area contributed by atoms with Gasteiger partial charge in [0, 0.05) is 55.6 Å². The van der Waals surface area contributed by atoms with Gasteiger partial charge in [-0.2, -0.15) is 0 Å². The Labute approximate surface area is 394 Å². The molecule has 0 saturated heterocycles. The summed E-state index contributed by atoms with van der Waals surface area (Å²) >= 11 is 0. The number of hydrogen-bond acceptors (Lipinski definition) is 2. The summed E-state index contributed by atoms with van der Waals surface area (Å²) in [6, 6.07) is 42.2. The van der Waals surface area contributed by atoms with Crippen LogP contribution in [0.4, 0.5) is 22.7 Å². The summed E-state index contributed by atoms with van der Waals surface area (Å²) in [5.41, 5.74) is 24.0. The van der Waals surface area contributed by atoms with Crippen LogP contribution in [0.2, 0.25) is 0 Å². The van der Waals surface area contributed by atoms with E-state index in [4.69, 9.17) is 0 Å². The summed E-state index contributed by atoms with van der Waals surface area (Å²) < 4.78 is 2.74. The van der Waals surface area contributed by atoms with E-state index in [-0.39, 0.29) is 44.9 Å². The number of para-hydroxylation sites is 1. The van der Waals surface area contributed by atoms with Crippen LogP contribution in [-0.4, -0.2) is 16.8 Å². The first-order valence-corrected chi connectivity index (χ1v) is 25.4. The molecule has 0 amide bonds. The first-order valence-electron chi connectivity index (χ1n) is 25.4. The third-order valence-electron chi connectivity index (χ3n) is 19.2. The Bertz CT molecular complexity index is 3310. The molecule has 13 rings (SSSR count). The molecule has 5 heterocycles. The molecule has 1 aromatic heterocycles. The normalized spacial score (nSPS) is 25.7. The molecule has 2 aliphatic carbocycles. The van der Waals surface area contributed by atoms with Gasteiger partial charge in [-0.1, -0.05) is 156 Å². The molecular formula is C62H68BN3. The van der Waals surface area contributed by atoms with Crippen molar-refractivity contribution in [3.63, 3.8) is 0 Å². The number of rotatable bonds is 1. The maximum atomic E-state index is 2.96. The van der Waals surface area contributed by atoms with Crippen LogP contribution >= 0.6 is 0 Å². The lowest BCUT2D eigenvalue weighted by atomic mass is 9.33. The van der Waals surface area contributed by atoms with Crippen molar-refractivity contribution in [1.29, 1.82) is 0 Å². The summed E-state index contributed by atoms with van der Waals surface area (Å²) in [7, 11) is 0. The third kappa shape index (κ3) is 4.77. The first kappa shape index (κ1) is 41.0. The van der Waals surface area contributed by atoms with Crippen LogP contribution < -0.4 is 26.2 Å². The van der Waals surface area contributed by atoms with Crippen molar-refractivity contribution in [3.05, 3.63) is 142 Å². The smallest absolute Gasteiger partial charge is 0.252 e. The number of fused-ring (bicyclic) bond motifs is 15. The Morgan fingerprint density at radius 1 is 0.515 bits per heavy atom. The summed E-state index contributed by atoms with van der Waals surface area (Å²) in [6.45, 7) is 32.2. The molecule has 66 heavy (non-hydrogen) atoms.